The SMILES string of the molecule is Cc1ccc2c(NC(=O)CC3(C)CCCCC3)cccc2c1Oc1ncccc1-c1ccnc(NC2CCCNC2)n1.Cl. The molecule has 2 aromatic heterocycles. The van der Waals surface area contributed by atoms with Crippen molar-refractivity contribution < 1.29 is 9.53 Å². The van der Waals surface area contributed by atoms with E-state index >= 15 is 0 Å². The number of fused-ring (bicyclic) bond motifs is 1. The minimum absolute atomic E-state index is 0. The van der Waals surface area contributed by atoms with Crippen molar-refractivity contribution in [3.8, 4) is 22.9 Å². The Kier molecular flexibility index (Phi) is 9.78. The number of carbonyl (C=O) groups is 1. The Morgan fingerprint density at radius 3 is 2.67 bits per heavy atom. The fourth-order valence-corrected chi connectivity index (χ4v) is 6.35. The Balaban J connectivity index is 0.00000368. The van der Waals surface area contributed by atoms with Crippen molar-refractivity contribution >= 4 is 40.7 Å². The van der Waals surface area contributed by atoms with Gasteiger partial charge in [-0.15, -0.1) is 12.4 Å². The van der Waals surface area contributed by atoms with Crippen molar-refractivity contribution in [2.75, 3.05) is 23.7 Å². The summed E-state index contributed by atoms with van der Waals surface area (Å²) in [5, 5.41) is 11.9. The maximum atomic E-state index is 13.2. The maximum Gasteiger partial charge on any atom is 0.228 e. The Labute approximate surface area is 259 Å². The van der Waals surface area contributed by atoms with Crippen LogP contribution in [0.25, 0.3) is 22.0 Å². The van der Waals surface area contributed by atoms with Crippen LogP contribution in [0.2, 0.25) is 0 Å². The highest BCUT2D eigenvalue weighted by Crippen LogP contribution is 2.41. The lowest BCUT2D eigenvalue weighted by molar-refractivity contribution is -0.118. The Hall–Kier alpha value is -3.75. The summed E-state index contributed by atoms with van der Waals surface area (Å²) >= 11 is 0. The molecule has 43 heavy (non-hydrogen) atoms. The molecule has 226 valence electrons. The van der Waals surface area contributed by atoms with Crippen LogP contribution in [-0.2, 0) is 4.79 Å². The average molecular weight is 601 g/mol. The number of aryl methyl sites for hydroxylation is 1. The van der Waals surface area contributed by atoms with Crippen LogP contribution >= 0.6 is 12.4 Å². The zero-order chi connectivity index (χ0) is 28.9. The van der Waals surface area contributed by atoms with E-state index in [4.69, 9.17) is 9.72 Å². The number of piperidine rings is 1. The minimum Gasteiger partial charge on any atom is -0.437 e. The number of benzene rings is 2. The van der Waals surface area contributed by atoms with Crippen LogP contribution in [0.4, 0.5) is 11.6 Å². The molecule has 1 saturated heterocycles. The summed E-state index contributed by atoms with van der Waals surface area (Å²) in [7, 11) is 0. The molecular weight excluding hydrogens is 560 g/mol. The van der Waals surface area contributed by atoms with Gasteiger partial charge in [0, 0.05) is 47.9 Å². The molecule has 1 aliphatic heterocycles. The molecule has 2 aromatic carbocycles. The van der Waals surface area contributed by atoms with Gasteiger partial charge >= 0.3 is 0 Å². The summed E-state index contributed by atoms with van der Waals surface area (Å²) in [6.45, 7) is 6.23. The normalized spacial score (nSPS) is 18.0. The average Bonchev–Trinajstić information content (AvgIpc) is 3.00. The van der Waals surface area contributed by atoms with E-state index in [9.17, 15) is 4.79 Å². The molecule has 2 fully saturated rings. The number of ether oxygens (including phenoxy) is 1. The smallest absolute Gasteiger partial charge is 0.228 e. The molecule has 1 atom stereocenters. The maximum absolute atomic E-state index is 13.2. The first-order valence-corrected chi connectivity index (χ1v) is 15.2. The molecular formula is C34H41ClN6O2. The number of amides is 1. The lowest BCUT2D eigenvalue weighted by atomic mass is 9.73. The van der Waals surface area contributed by atoms with Gasteiger partial charge in [-0.05, 0) is 74.4 Å². The number of anilines is 2. The molecule has 0 spiro atoms. The number of nitrogens with one attached hydrogen (secondary N) is 3. The first-order valence-electron chi connectivity index (χ1n) is 15.2. The summed E-state index contributed by atoms with van der Waals surface area (Å²) in [5.74, 6) is 1.85. The number of aromatic nitrogens is 3. The van der Waals surface area contributed by atoms with Gasteiger partial charge in [-0.3, -0.25) is 4.79 Å². The lowest BCUT2D eigenvalue weighted by Crippen LogP contribution is -2.38. The second kappa shape index (κ2) is 13.7. The Bertz CT molecular complexity index is 1570. The van der Waals surface area contributed by atoms with Gasteiger partial charge in [0.1, 0.15) is 5.75 Å². The van der Waals surface area contributed by atoms with Gasteiger partial charge in [0.2, 0.25) is 17.7 Å². The molecule has 3 N–H and O–H groups in total. The second-order valence-corrected chi connectivity index (χ2v) is 12.1. The quantitative estimate of drug-likeness (QED) is 0.191. The molecule has 6 rings (SSSR count). The minimum atomic E-state index is 0. The van der Waals surface area contributed by atoms with Crippen LogP contribution in [0.1, 0.15) is 63.9 Å². The zero-order valence-electron chi connectivity index (χ0n) is 25.0. The fraction of sp³-hybridized carbons (Fsp3) is 0.412. The molecule has 0 bridgehead atoms. The van der Waals surface area contributed by atoms with Crippen LogP contribution in [0.3, 0.4) is 0 Å². The Morgan fingerprint density at radius 2 is 1.86 bits per heavy atom. The predicted octanol–water partition coefficient (Wildman–Crippen LogP) is 7.68. The van der Waals surface area contributed by atoms with Gasteiger partial charge in [0.25, 0.3) is 0 Å². The summed E-state index contributed by atoms with van der Waals surface area (Å²) in [6, 6.07) is 16.1. The molecule has 3 heterocycles. The van der Waals surface area contributed by atoms with E-state index in [-0.39, 0.29) is 23.7 Å². The highest BCUT2D eigenvalue weighted by molar-refractivity contribution is 6.04. The second-order valence-electron chi connectivity index (χ2n) is 12.1. The number of hydrogen-bond acceptors (Lipinski definition) is 7. The van der Waals surface area contributed by atoms with E-state index in [0.29, 0.717) is 30.0 Å². The molecule has 8 nitrogen and oxygen atoms in total. The first kappa shape index (κ1) is 30.7. The van der Waals surface area contributed by atoms with E-state index in [2.05, 4.69) is 38.9 Å². The predicted molar refractivity (Wildman–Crippen MR) is 175 cm³/mol. The van der Waals surface area contributed by atoms with E-state index in [0.717, 1.165) is 72.1 Å². The van der Waals surface area contributed by atoms with Gasteiger partial charge in [0.05, 0.1) is 11.3 Å². The van der Waals surface area contributed by atoms with Crippen LogP contribution in [0.5, 0.6) is 11.6 Å². The topological polar surface area (TPSA) is 101 Å². The summed E-state index contributed by atoms with van der Waals surface area (Å²) in [5.41, 5.74) is 3.38. The van der Waals surface area contributed by atoms with Gasteiger partial charge in [-0.2, -0.15) is 0 Å². The van der Waals surface area contributed by atoms with Crippen LogP contribution in [0, 0.1) is 12.3 Å². The number of nitrogens with zero attached hydrogens (tertiary/aromatic N) is 3. The van der Waals surface area contributed by atoms with Crippen molar-refractivity contribution in [2.24, 2.45) is 5.41 Å². The molecule has 9 heteroatoms. The van der Waals surface area contributed by atoms with Crippen LogP contribution in [0.15, 0.2) is 60.9 Å². The van der Waals surface area contributed by atoms with E-state index < -0.39 is 0 Å². The molecule has 1 saturated carbocycles. The fourth-order valence-electron chi connectivity index (χ4n) is 6.35. The largest absolute Gasteiger partial charge is 0.437 e. The summed E-state index contributed by atoms with van der Waals surface area (Å²) in [4.78, 5) is 27.0. The third-order valence-corrected chi connectivity index (χ3v) is 8.66. The molecule has 1 unspecified atom stereocenters. The highest BCUT2D eigenvalue weighted by atomic mass is 35.5. The van der Waals surface area contributed by atoms with Gasteiger partial charge in [-0.25, -0.2) is 15.0 Å². The summed E-state index contributed by atoms with van der Waals surface area (Å²) in [6.07, 6.45) is 12.2. The van der Waals surface area contributed by atoms with Crippen molar-refractivity contribution in [2.45, 2.75) is 71.3 Å². The van der Waals surface area contributed by atoms with E-state index in [1.54, 1.807) is 12.4 Å². The molecule has 2 aliphatic rings. The third-order valence-electron chi connectivity index (χ3n) is 8.66. The monoisotopic (exact) mass is 600 g/mol. The zero-order valence-corrected chi connectivity index (χ0v) is 25.8. The number of halogens is 1. The highest BCUT2D eigenvalue weighted by Gasteiger charge is 2.29. The molecule has 1 amide bonds. The van der Waals surface area contributed by atoms with Crippen LogP contribution in [-0.4, -0.2) is 40.0 Å². The van der Waals surface area contributed by atoms with E-state index in [1.165, 1.54) is 19.3 Å². The Morgan fingerprint density at radius 1 is 1.00 bits per heavy atom. The molecule has 0 radical (unpaired) electrons. The number of rotatable bonds is 8. The van der Waals surface area contributed by atoms with Crippen LogP contribution < -0.4 is 20.7 Å². The molecule has 4 aromatic rings. The summed E-state index contributed by atoms with van der Waals surface area (Å²) < 4.78 is 6.58. The third kappa shape index (κ3) is 7.25. The van der Waals surface area contributed by atoms with Gasteiger partial charge in [-0.1, -0.05) is 50.5 Å². The van der Waals surface area contributed by atoms with Crippen molar-refractivity contribution in [1.29, 1.82) is 0 Å². The van der Waals surface area contributed by atoms with Gasteiger partial charge in [0.15, 0.2) is 0 Å². The van der Waals surface area contributed by atoms with Crippen molar-refractivity contribution in [1.82, 2.24) is 20.3 Å². The number of hydrogen-bond donors (Lipinski definition) is 3. The molecule has 1 aliphatic carbocycles. The number of pyridine rings is 1. The number of carbonyl (C=O) groups excluding carboxylic acids is 1. The first-order chi connectivity index (χ1) is 20.5. The van der Waals surface area contributed by atoms with Gasteiger partial charge < -0.3 is 20.7 Å². The lowest BCUT2D eigenvalue weighted by Gasteiger charge is -2.32. The van der Waals surface area contributed by atoms with E-state index in [1.807, 2.05) is 49.4 Å². The standard InChI is InChI=1S/C34H40N6O2.ClH/c1-23-13-14-25-26(10-6-12-28(25)39-30(41)21-34(2)16-4-3-5-17-34)31(23)42-32-27(11-8-19-36-32)29-15-20-37-33(40-29)38-24-9-7-18-35-22-24;/h6,8,10-15,19-20,24,35H,3-5,7,9,16-18,21-22H2,1-2H3,(H,39,41)(H,37,38,40);1H. The van der Waals surface area contributed by atoms with Crippen molar-refractivity contribution in [3.05, 3.63) is 66.5 Å². The van der Waals surface area contributed by atoms with Crippen molar-refractivity contribution in [3.63, 3.8) is 0 Å².